The van der Waals surface area contributed by atoms with Crippen molar-refractivity contribution in [3.63, 3.8) is 0 Å². The van der Waals surface area contributed by atoms with E-state index in [9.17, 15) is 9.18 Å². The average molecular weight is 441 g/mol. The van der Waals surface area contributed by atoms with Gasteiger partial charge < -0.3 is 20.4 Å². The molecular formula is C20H26ClFN4O2S. The third-order valence-electron chi connectivity index (χ3n) is 4.97. The van der Waals surface area contributed by atoms with E-state index in [4.69, 9.17) is 22.1 Å². The number of nitrogens with two attached hydrogens (primary N) is 1. The molecule has 3 N–H and O–H groups in total. The van der Waals surface area contributed by atoms with E-state index in [-0.39, 0.29) is 22.7 Å². The minimum absolute atomic E-state index is 0.0176. The Hall–Kier alpha value is -1.61. The molecule has 0 radical (unpaired) electrons. The van der Waals surface area contributed by atoms with Gasteiger partial charge in [0.05, 0.1) is 22.3 Å². The molecule has 2 aromatic rings. The molecule has 0 saturated carbocycles. The zero-order chi connectivity index (χ0) is 20.8. The third-order valence-corrected chi connectivity index (χ3v) is 6.45. The number of aromatic amines is 1. The second-order valence-electron chi connectivity index (χ2n) is 7.13. The van der Waals surface area contributed by atoms with Gasteiger partial charge in [-0.2, -0.15) is 0 Å². The summed E-state index contributed by atoms with van der Waals surface area (Å²) in [4.78, 5) is 22.4. The van der Waals surface area contributed by atoms with Gasteiger partial charge in [0.2, 0.25) is 0 Å². The maximum absolute atomic E-state index is 13.6. The van der Waals surface area contributed by atoms with Gasteiger partial charge in [-0.1, -0.05) is 29.4 Å². The molecule has 2 atom stereocenters. The maximum atomic E-state index is 13.6. The number of aromatic nitrogens is 2. The summed E-state index contributed by atoms with van der Waals surface area (Å²) in [7, 11) is 0. The van der Waals surface area contributed by atoms with Gasteiger partial charge in [-0.05, 0) is 44.7 Å². The van der Waals surface area contributed by atoms with Crippen molar-refractivity contribution >= 4 is 29.2 Å². The van der Waals surface area contributed by atoms with Crippen LogP contribution in [0.25, 0.3) is 0 Å². The van der Waals surface area contributed by atoms with E-state index in [0.29, 0.717) is 35.3 Å². The van der Waals surface area contributed by atoms with Gasteiger partial charge in [0, 0.05) is 30.6 Å². The van der Waals surface area contributed by atoms with E-state index in [1.54, 1.807) is 18.3 Å². The van der Waals surface area contributed by atoms with Crippen LogP contribution in [0.4, 0.5) is 10.2 Å². The Morgan fingerprint density at radius 3 is 2.97 bits per heavy atom. The van der Waals surface area contributed by atoms with Gasteiger partial charge in [-0.3, -0.25) is 4.79 Å². The van der Waals surface area contributed by atoms with Crippen molar-refractivity contribution in [2.45, 2.75) is 54.7 Å². The molecule has 29 heavy (non-hydrogen) atoms. The van der Waals surface area contributed by atoms with Crippen LogP contribution in [0.3, 0.4) is 0 Å². The average Bonchev–Trinajstić information content (AvgIpc) is 2.73. The van der Waals surface area contributed by atoms with E-state index >= 15 is 0 Å². The number of rotatable bonds is 3. The second-order valence-corrected chi connectivity index (χ2v) is 8.59. The number of nitrogens with one attached hydrogen (secondary N) is 1. The standard InChI is InChI=1S/C20H26ClFN4O2S/c1-13-15(23)8-10-26(9-3-2-4-11-28-13)19-20(27)25-17(12-24-19)29-16-7-5-6-14(22)18(16)21/h5-7,12-13,15H,2-4,8-11,23H2,1H3,(H,25,27)/t13-,15-/m0/s1. The smallest absolute Gasteiger partial charge is 0.291 e. The van der Waals surface area contributed by atoms with Crippen LogP contribution in [-0.2, 0) is 4.74 Å². The second kappa shape index (κ2) is 10.4. The molecule has 1 fully saturated rings. The lowest BCUT2D eigenvalue weighted by atomic mass is 10.1. The van der Waals surface area contributed by atoms with E-state index in [0.717, 1.165) is 25.8 Å². The highest BCUT2D eigenvalue weighted by Gasteiger charge is 2.19. The summed E-state index contributed by atoms with van der Waals surface area (Å²) < 4.78 is 19.4. The number of H-pyrrole nitrogens is 1. The summed E-state index contributed by atoms with van der Waals surface area (Å²) in [6, 6.07) is 4.47. The van der Waals surface area contributed by atoms with Crippen LogP contribution in [-0.4, -0.2) is 41.8 Å². The predicted molar refractivity (Wildman–Crippen MR) is 114 cm³/mol. The van der Waals surface area contributed by atoms with E-state index in [1.807, 2.05) is 11.8 Å². The summed E-state index contributed by atoms with van der Waals surface area (Å²) in [6.45, 7) is 4.07. The molecule has 2 heterocycles. The van der Waals surface area contributed by atoms with Crippen molar-refractivity contribution in [1.29, 1.82) is 0 Å². The zero-order valence-electron chi connectivity index (χ0n) is 16.4. The van der Waals surface area contributed by atoms with Gasteiger partial charge in [-0.15, -0.1) is 0 Å². The largest absolute Gasteiger partial charge is 0.377 e. The number of hydrogen-bond donors (Lipinski definition) is 2. The Balaban J connectivity index is 1.76. The summed E-state index contributed by atoms with van der Waals surface area (Å²) >= 11 is 7.17. The number of nitrogens with zero attached hydrogens (tertiary/aromatic N) is 2. The zero-order valence-corrected chi connectivity index (χ0v) is 17.9. The summed E-state index contributed by atoms with van der Waals surface area (Å²) in [5, 5.41) is 0.530. The maximum Gasteiger partial charge on any atom is 0.291 e. The number of ether oxygens (including phenoxy) is 1. The lowest BCUT2D eigenvalue weighted by Gasteiger charge is -2.25. The Bertz CT molecular complexity index is 882. The fourth-order valence-corrected chi connectivity index (χ4v) is 4.24. The molecule has 0 aliphatic carbocycles. The first-order chi connectivity index (χ1) is 14.0. The predicted octanol–water partition coefficient (Wildman–Crippen LogP) is 3.83. The van der Waals surface area contributed by atoms with Gasteiger partial charge in [0.1, 0.15) is 5.82 Å². The van der Waals surface area contributed by atoms with Crippen LogP contribution in [0.2, 0.25) is 5.02 Å². The van der Waals surface area contributed by atoms with Crippen LogP contribution in [0.5, 0.6) is 0 Å². The molecule has 1 saturated heterocycles. The summed E-state index contributed by atoms with van der Waals surface area (Å²) in [6.07, 6.45) is 5.21. The number of halogens is 2. The molecule has 0 bridgehead atoms. The fourth-order valence-electron chi connectivity index (χ4n) is 3.17. The molecule has 3 rings (SSSR count). The molecule has 0 amide bonds. The Morgan fingerprint density at radius 2 is 2.17 bits per heavy atom. The van der Waals surface area contributed by atoms with E-state index in [2.05, 4.69) is 9.97 Å². The normalized spacial score (nSPS) is 21.6. The van der Waals surface area contributed by atoms with Crippen molar-refractivity contribution in [2.75, 3.05) is 24.6 Å². The number of benzene rings is 1. The molecule has 0 unspecified atom stereocenters. The van der Waals surface area contributed by atoms with Gasteiger partial charge in [0.15, 0.2) is 5.82 Å². The first-order valence-electron chi connectivity index (χ1n) is 9.79. The highest BCUT2D eigenvalue weighted by molar-refractivity contribution is 7.99. The topological polar surface area (TPSA) is 84.2 Å². The van der Waals surface area contributed by atoms with Crippen LogP contribution in [0.1, 0.15) is 32.6 Å². The first kappa shape index (κ1) is 22.1. The highest BCUT2D eigenvalue weighted by Crippen LogP contribution is 2.33. The van der Waals surface area contributed by atoms with Gasteiger partial charge >= 0.3 is 0 Å². The van der Waals surface area contributed by atoms with Crippen LogP contribution < -0.4 is 16.2 Å². The fraction of sp³-hybridized carbons (Fsp3) is 0.500. The lowest BCUT2D eigenvalue weighted by molar-refractivity contribution is 0.0452. The molecular weight excluding hydrogens is 415 g/mol. The van der Waals surface area contributed by atoms with Crippen LogP contribution >= 0.6 is 23.4 Å². The molecule has 1 aliphatic rings. The van der Waals surface area contributed by atoms with E-state index in [1.165, 1.54) is 17.8 Å². The Labute approximate surface area is 179 Å². The number of anilines is 1. The molecule has 9 heteroatoms. The Morgan fingerprint density at radius 1 is 1.34 bits per heavy atom. The van der Waals surface area contributed by atoms with Gasteiger partial charge in [0.25, 0.3) is 5.56 Å². The highest BCUT2D eigenvalue weighted by atomic mass is 35.5. The molecule has 1 aromatic carbocycles. The minimum atomic E-state index is -0.498. The van der Waals surface area contributed by atoms with Crippen molar-refractivity contribution in [1.82, 2.24) is 9.97 Å². The van der Waals surface area contributed by atoms with E-state index < -0.39 is 5.82 Å². The van der Waals surface area contributed by atoms with Crippen molar-refractivity contribution < 1.29 is 9.13 Å². The van der Waals surface area contributed by atoms with Crippen molar-refractivity contribution in [2.24, 2.45) is 5.73 Å². The lowest BCUT2D eigenvalue weighted by Crippen LogP contribution is -2.40. The number of hydrogen-bond acceptors (Lipinski definition) is 6. The first-order valence-corrected chi connectivity index (χ1v) is 11.0. The molecule has 1 aliphatic heterocycles. The molecule has 1 aromatic heterocycles. The minimum Gasteiger partial charge on any atom is -0.377 e. The monoisotopic (exact) mass is 440 g/mol. The molecule has 0 spiro atoms. The van der Waals surface area contributed by atoms with Crippen LogP contribution in [0, 0.1) is 5.82 Å². The van der Waals surface area contributed by atoms with Gasteiger partial charge in [-0.25, -0.2) is 9.37 Å². The summed E-state index contributed by atoms with van der Waals surface area (Å²) in [5.74, 6) is -0.124. The summed E-state index contributed by atoms with van der Waals surface area (Å²) in [5.41, 5.74) is 5.95. The molecule has 6 nitrogen and oxygen atoms in total. The van der Waals surface area contributed by atoms with Crippen LogP contribution in [0.15, 0.2) is 39.1 Å². The SMILES string of the molecule is C[C@@H]1OCCCCCN(c2ncc(Sc3cccc(F)c3Cl)[nH]c2=O)CC[C@@H]1N. The Kier molecular flexibility index (Phi) is 7.94. The van der Waals surface area contributed by atoms with Crippen molar-refractivity contribution in [3.05, 3.63) is 45.6 Å². The third kappa shape index (κ3) is 5.94. The van der Waals surface area contributed by atoms with Crippen molar-refractivity contribution in [3.8, 4) is 0 Å². The molecule has 158 valence electrons. The quantitative estimate of drug-likeness (QED) is 0.754.